The Hall–Kier alpha value is -3.69. The molecule has 0 N–H and O–H groups in total. The van der Waals surface area contributed by atoms with Gasteiger partial charge < -0.3 is 0 Å². The Bertz CT molecular complexity index is 1240. The van der Waals surface area contributed by atoms with Gasteiger partial charge in [0.1, 0.15) is 5.69 Å². The van der Waals surface area contributed by atoms with Crippen molar-refractivity contribution in [1.29, 1.82) is 0 Å². The molecular weight excluding hydrogens is 398 g/mol. The van der Waals surface area contributed by atoms with Crippen molar-refractivity contribution in [2.75, 3.05) is 0 Å². The molecule has 1 aliphatic carbocycles. The largest absolute Gasteiger partial charge is 0.288 e. The molecule has 0 atom stereocenters. The highest BCUT2D eigenvalue weighted by Gasteiger charge is 2.17. The van der Waals surface area contributed by atoms with E-state index in [1.54, 1.807) is 24.0 Å². The molecule has 2 nitrogen and oxygen atoms in total. The highest BCUT2D eigenvalue weighted by Crippen LogP contribution is 2.44. The van der Waals surface area contributed by atoms with Crippen molar-refractivity contribution in [2.45, 2.75) is 0 Å². The fourth-order valence-corrected chi connectivity index (χ4v) is 4.74. The Morgan fingerprint density at radius 1 is 0.710 bits per heavy atom. The van der Waals surface area contributed by atoms with Crippen molar-refractivity contribution in [3.05, 3.63) is 143 Å². The van der Waals surface area contributed by atoms with Gasteiger partial charge in [-0.1, -0.05) is 96.7 Å². The summed E-state index contributed by atoms with van der Waals surface area (Å²) in [6.45, 7) is 0. The van der Waals surface area contributed by atoms with Crippen LogP contribution in [-0.2, 0) is 0 Å². The summed E-state index contributed by atoms with van der Waals surface area (Å²) in [4.78, 5) is 18.8. The first-order chi connectivity index (χ1) is 15.3. The molecule has 0 saturated heterocycles. The molecule has 0 amide bonds. The molecule has 0 fully saturated rings. The smallest absolute Gasteiger partial charge is 0.204 e. The summed E-state index contributed by atoms with van der Waals surface area (Å²) in [6.07, 6.45) is 13.7. The minimum atomic E-state index is -0.0491. The molecule has 1 aromatic heterocycles. The molecule has 0 unspecified atom stereocenters. The second-order valence-electron chi connectivity index (χ2n) is 7.24. The molecule has 0 spiro atoms. The summed E-state index contributed by atoms with van der Waals surface area (Å²) >= 11 is 1.78. The van der Waals surface area contributed by atoms with Gasteiger partial charge >= 0.3 is 0 Å². The van der Waals surface area contributed by atoms with Crippen LogP contribution in [0.2, 0.25) is 0 Å². The predicted molar refractivity (Wildman–Crippen MR) is 130 cm³/mol. The number of carbonyl (C=O) groups excluding carboxylic acids is 1. The Kier molecular flexibility index (Phi) is 5.34. The van der Waals surface area contributed by atoms with Crippen molar-refractivity contribution in [3.8, 4) is 0 Å². The normalized spacial score (nSPS) is 16.6. The monoisotopic (exact) mass is 417 g/mol. The van der Waals surface area contributed by atoms with E-state index in [9.17, 15) is 4.79 Å². The van der Waals surface area contributed by atoms with Gasteiger partial charge in [-0.25, -0.2) is 0 Å². The highest BCUT2D eigenvalue weighted by atomic mass is 32.2. The Morgan fingerprint density at radius 3 is 2.00 bits per heavy atom. The fourth-order valence-electron chi connectivity index (χ4n) is 3.61. The number of carbonyl (C=O) groups is 1. The number of benzene rings is 2. The van der Waals surface area contributed by atoms with Gasteiger partial charge in [0.15, 0.2) is 0 Å². The minimum absolute atomic E-state index is 0.0491. The topological polar surface area (TPSA) is 30.0 Å². The maximum atomic E-state index is 12.1. The van der Waals surface area contributed by atoms with E-state index in [2.05, 4.69) is 77.8 Å². The molecule has 0 radical (unpaired) electrons. The first-order valence-corrected chi connectivity index (χ1v) is 10.9. The summed E-state index contributed by atoms with van der Waals surface area (Å²) in [7, 11) is 0. The van der Waals surface area contributed by atoms with E-state index >= 15 is 0 Å². The van der Waals surface area contributed by atoms with E-state index < -0.39 is 0 Å². The van der Waals surface area contributed by atoms with Crippen LogP contribution in [0.4, 0.5) is 0 Å². The van der Waals surface area contributed by atoms with E-state index in [1.165, 1.54) is 20.9 Å². The number of aromatic nitrogens is 1. The van der Waals surface area contributed by atoms with Crippen molar-refractivity contribution >= 4 is 32.9 Å². The van der Waals surface area contributed by atoms with Gasteiger partial charge in [0.05, 0.1) is 0 Å². The average molecular weight is 418 g/mol. The number of fused-ring (bicyclic) bond motifs is 1. The third kappa shape index (κ3) is 4.14. The fraction of sp³-hybridized carbons (Fsp3) is 0. The molecule has 2 heterocycles. The molecule has 31 heavy (non-hydrogen) atoms. The van der Waals surface area contributed by atoms with Gasteiger partial charge in [0.25, 0.3) is 0 Å². The van der Waals surface area contributed by atoms with Crippen LogP contribution in [0.25, 0.3) is 15.4 Å². The van der Waals surface area contributed by atoms with Crippen LogP contribution in [0.5, 0.6) is 0 Å². The predicted octanol–water partition coefficient (Wildman–Crippen LogP) is 6.97. The number of hydrogen-bond acceptors (Lipinski definition) is 3. The molecule has 2 aromatic carbocycles. The lowest BCUT2D eigenvalue weighted by Crippen LogP contribution is -2.07. The van der Waals surface area contributed by atoms with Gasteiger partial charge in [-0.3, -0.25) is 9.78 Å². The molecule has 3 heteroatoms. The van der Waals surface area contributed by atoms with Gasteiger partial charge in [0, 0.05) is 21.6 Å². The number of rotatable bonds is 3. The van der Waals surface area contributed by atoms with Crippen LogP contribution in [0.1, 0.15) is 27.2 Å². The molecule has 148 valence electrons. The number of ketones is 1. The maximum Gasteiger partial charge on any atom is 0.204 e. The molecule has 3 aromatic rings. The summed E-state index contributed by atoms with van der Waals surface area (Å²) in [5.41, 5.74) is 5.87. The van der Waals surface area contributed by atoms with E-state index in [4.69, 9.17) is 0 Å². The number of thioether (sulfide) groups is 1. The molecule has 0 saturated carbocycles. The van der Waals surface area contributed by atoms with Crippen molar-refractivity contribution < 1.29 is 4.79 Å². The van der Waals surface area contributed by atoms with Gasteiger partial charge in [-0.05, 0) is 46.6 Å². The molecule has 2 aliphatic rings. The van der Waals surface area contributed by atoms with Crippen LogP contribution in [0.3, 0.4) is 0 Å². The van der Waals surface area contributed by atoms with E-state index in [0.29, 0.717) is 5.69 Å². The third-order valence-corrected chi connectivity index (χ3v) is 6.30. The third-order valence-electron chi connectivity index (χ3n) is 5.15. The Morgan fingerprint density at radius 2 is 1.35 bits per heavy atom. The molecule has 1 aliphatic heterocycles. The van der Waals surface area contributed by atoms with Crippen LogP contribution >= 0.6 is 11.8 Å². The lowest BCUT2D eigenvalue weighted by molar-refractivity contribution is 0.104. The van der Waals surface area contributed by atoms with E-state index in [1.807, 2.05) is 30.3 Å². The van der Waals surface area contributed by atoms with E-state index in [0.717, 1.165) is 16.7 Å². The summed E-state index contributed by atoms with van der Waals surface area (Å²) in [5.74, 6) is -0.0491. The zero-order valence-electron chi connectivity index (χ0n) is 16.7. The van der Waals surface area contributed by atoms with E-state index in [-0.39, 0.29) is 5.78 Å². The second kappa shape index (κ2) is 8.58. The lowest BCUT2D eigenvalue weighted by atomic mass is 9.95. The SMILES string of the molecule is O=C1C=C/C(=C\C=C2C=C(c3ccccc3)SC(c3ccccc3)=C2)c2cccnc21. The minimum Gasteiger partial charge on any atom is -0.288 e. The lowest BCUT2D eigenvalue weighted by Gasteiger charge is -2.17. The van der Waals surface area contributed by atoms with Crippen molar-refractivity contribution in [1.82, 2.24) is 4.98 Å². The number of nitrogens with zero attached hydrogens (tertiary/aromatic N) is 1. The first-order valence-electron chi connectivity index (χ1n) is 10.1. The zero-order chi connectivity index (χ0) is 21.0. The zero-order valence-corrected chi connectivity index (χ0v) is 17.5. The second-order valence-corrected chi connectivity index (χ2v) is 8.32. The number of pyridine rings is 1. The summed E-state index contributed by atoms with van der Waals surface area (Å²) < 4.78 is 0. The van der Waals surface area contributed by atoms with Crippen LogP contribution in [-0.4, -0.2) is 10.8 Å². The Labute approximate surface area is 186 Å². The molecule has 5 rings (SSSR count). The Balaban J connectivity index is 1.58. The van der Waals surface area contributed by atoms with Crippen LogP contribution in [0, 0.1) is 0 Å². The highest BCUT2D eigenvalue weighted by molar-refractivity contribution is 8.16. The van der Waals surface area contributed by atoms with Crippen molar-refractivity contribution in [2.24, 2.45) is 0 Å². The van der Waals surface area contributed by atoms with Crippen LogP contribution < -0.4 is 0 Å². The summed E-state index contributed by atoms with van der Waals surface area (Å²) in [5, 5.41) is 0. The van der Waals surface area contributed by atoms with Gasteiger partial charge in [-0.15, -0.1) is 0 Å². The van der Waals surface area contributed by atoms with Crippen molar-refractivity contribution in [3.63, 3.8) is 0 Å². The average Bonchev–Trinajstić information content (AvgIpc) is 2.85. The van der Waals surface area contributed by atoms with Gasteiger partial charge in [-0.2, -0.15) is 0 Å². The molecule has 0 bridgehead atoms. The quantitative estimate of drug-likeness (QED) is 0.461. The number of allylic oxidation sites excluding steroid dienone is 8. The van der Waals surface area contributed by atoms with Crippen LogP contribution in [0.15, 0.2) is 121 Å². The molecular formula is C28H19NOS. The number of hydrogen-bond donors (Lipinski definition) is 0. The maximum absolute atomic E-state index is 12.1. The standard InChI is InChI=1S/C28H19NOS/c30-25-16-15-21(24-12-7-17-29-28(24)25)14-13-20-18-26(22-8-3-1-4-9-22)31-27(19-20)23-10-5-2-6-11-23/h1-19H/b21-14+. The van der Waals surface area contributed by atoms with Gasteiger partial charge in [0.2, 0.25) is 5.78 Å². The summed E-state index contributed by atoms with van der Waals surface area (Å²) in [6, 6.07) is 24.7. The first kappa shape index (κ1) is 19.3.